The number of benzene rings is 1. The number of amides is 2. The molecule has 2 aromatic heterocycles. The topological polar surface area (TPSA) is 121 Å². The van der Waals surface area contributed by atoms with E-state index in [1.807, 2.05) is 7.05 Å². The van der Waals surface area contributed by atoms with Crippen LogP contribution in [0.15, 0.2) is 30.3 Å². The molecule has 35 heavy (non-hydrogen) atoms. The third-order valence-electron chi connectivity index (χ3n) is 5.05. The third kappa shape index (κ3) is 6.71. The van der Waals surface area contributed by atoms with Gasteiger partial charge in [-0.1, -0.05) is 23.7 Å². The number of carboxylic acid groups (broad SMARTS) is 1. The molecule has 0 saturated carbocycles. The summed E-state index contributed by atoms with van der Waals surface area (Å²) in [5.74, 6) is -1.71. The van der Waals surface area contributed by atoms with Crippen LogP contribution in [0.4, 0.5) is 5.69 Å². The summed E-state index contributed by atoms with van der Waals surface area (Å²) in [4.78, 5) is 44.7. The van der Waals surface area contributed by atoms with Crippen molar-refractivity contribution < 1.29 is 24.2 Å². The number of nitrogens with zero attached hydrogens (tertiary/aromatic N) is 2. The van der Waals surface area contributed by atoms with Gasteiger partial charge in [-0.2, -0.15) is 0 Å². The Morgan fingerprint density at radius 1 is 1.20 bits per heavy atom. The summed E-state index contributed by atoms with van der Waals surface area (Å²) in [6.07, 6.45) is 0.776. The van der Waals surface area contributed by atoms with Gasteiger partial charge in [0.25, 0.3) is 11.8 Å². The van der Waals surface area contributed by atoms with Crippen molar-refractivity contribution in [1.29, 1.82) is 0 Å². The monoisotopic (exact) mass is 556 g/mol. The van der Waals surface area contributed by atoms with Crippen LogP contribution in [0.25, 0.3) is 0 Å². The molecule has 0 saturated heterocycles. The van der Waals surface area contributed by atoms with Crippen LogP contribution in [0.5, 0.6) is 5.75 Å². The zero-order valence-electron chi connectivity index (χ0n) is 18.5. The number of halogens is 2. The number of likely N-dealkylation sites (N-methyl/N-ethyl adjacent to an activating group) is 1. The van der Waals surface area contributed by atoms with Crippen molar-refractivity contribution in [2.24, 2.45) is 0 Å². The molecular formula is C22H22Cl2N4O5S2. The van der Waals surface area contributed by atoms with Crippen molar-refractivity contribution in [2.75, 3.05) is 25.5 Å². The third-order valence-corrected chi connectivity index (χ3v) is 7.37. The Kier molecular flexibility index (Phi) is 9.09. The molecule has 1 aromatic carbocycles. The van der Waals surface area contributed by atoms with Crippen molar-refractivity contribution in [3.05, 3.63) is 60.7 Å². The lowest BCUT2D eigenvalue weighted by Gasteiger charge is -2.20. The number of aliphatic carboxylic acids is 1. The lowest BCUT2D eigenvalue weighted by molar-refractivity contribution is -0.139. The first-order valence-corrected chi connectivity index (χ1v) is 12.3. The Morgan fingerprint density at radius 2 is 2.00 bits per heavy atom. The van der Waals surface area contributed by atoms with Gasteiger partial charge in [-0.15, -0.1) is 35.1 Å². The molecule has 3 heterocycles. The minimum Gasteiger partial charge on any atom is -0.480 e. The van der Waals surface area contributed by atoms with Gasteiger partial charge in [-0.05, 0) is 30.8 Å². The Bertz CT molecular complexity index is 1250. The van der Waals surface area contributed by atoms with Crippen molar-refractivity contribution in [3.8, 4) is 5.75 Å². The molecule has 186 valence electrons. The van der Waals surface area contributed by atoms with E-state index in [9.17, 15) is 14.4 Å². The lowest BCUT2D eigenvalue weighted by Crippen LogP contribution is -2.25. The molecule has 0 bridgehead atoms. The van der Waals surface area contributed by atoms with Crippen molar-refractivity contribution in [2.45, 2.75) is 19.5 Å². The molecule has 0 fully saturated rings. The van der Waals surface area contributed by atoms with E-state index in [1.54, 1.807) is 30.3 Å². The van der Waals surface area contributed by atoms with Crippen LogP contribution in [0, 0.1) is 0 Å². The van der Waals surface area contributed by atoms with E-state index in [1.165, 1.54) is 11.3 Å². The number of carbonyl (C=O) groups is 3. The quantitative estimate of drug-likeness (QED) is 0.384. The molecule has 2 amide bonds. The van der Waals surface area contributed by atoms with Gasteiger partial charge in [-0.3, -0.25) is 9.59 Å². The van der Waals surface area contributed by atoms with Gasteiger partial charge in [-0.25, -0.2) is 9.78 Å². The highest BCUT2D eigenvalue weighted by Crippen LogP contribution is 2.31. The molecule has 13 heteroatoms. The number of hydrogen-bond donors (Lipinski definition) is 3. The second-order valence-corrected chi connectivity index (χ2v) is 10.4. The van der Waals surface area contributed by atoms with Crippen LogP contribution in [-0.4, -0.2) is 53.0 Å². The van der Waals surface area contributed by atoms with E-state index in [2.05, 4.69) is 20.5 Å². The summed E-state index contributed by atoms with van der Waals surface area (Å²) >= 11 is 8.40. The molecule has 4 rings (SSSR count). The van der Waals surface area contributed by atoms with E-state index in [4.69, 9.17) is 21.4 Å². The number of ether oxygens (including phenoxy) is 1. The minimum atomic E-state index is -1.15. The number of aromatic nitrogens is 1. The summed E-state index contributed by atoms with van der Waals surface area (Å²) in [5.41, 5.74) is 1.75. The highest BCUT2D eigenvalue weighted by molar-refractivity contribution is 7.18. The van der Waals surface area contributed by atoms with E-state index in [0.29, 0.717) is 19.8 Å². The number of fused-ring (bicyclic) bond motifs is 1. The number of anilines is 1. The van der Waals surface area contributed by atoms with Crippen molar-refractivity contribution >= 4 is 70.2 Å². The summed E-state index contributed by atoms with van der Waals surface area (Å²) < 4.78 is 5.90. The van der Waals surface area contributed by atoms with Gasteiger partial charge in [0.1, 0.15) is 5.75 Å². The molecule has 3 aromatic rings. The van der Waals surface area contributed by atoms with E-state index < -0.39 is 18.5 Å². The van der Waals surface area contributed by atoms with Crippen LogP contribution in [-0.2, 0) is 24.3 Å². The highest BCUT2D eigenvalue weighted by atomic mass is 35.5. The Hall–Kier alpha value is -2.70. The van der Waals surface area contributed by atoms with Gasteiger partial charge in [0, 0.05) is 30.9 Å². The first-order chi connectivity index (χ1) is 16.3. The summed E-state index contributed by atoms with van der Waals surface area (Å²) in [5, 5.41) is 14.9. The second kappa shape index (κ2) is 11.8. The van der Waals surface area contributed by atoms with Crippen LogP contribution < -0.4 is 15.4 Å². The fraction of sp³-hybridized carbons (Fsp3) is 0.273. The van der Waals surface area contributed by atoms with E-state index in [-0.39, 0.29) is 36.3 Å². The number of carbonyl (C=O) groups excluding carboxylic acids is 2. The molecule has 0 unspecified atom stereocenters. The first-order valence-electron chi connectivity index (χ1n) is 10.3. The molecule has 1 aliphatic heterocycles. The zero-order chi connectivity index (χ0) is 24.2. The molecule has 0 aliphatic carbocycles. The number of carboxylic acids is 1. The maximum Gasteiger partial charge on any atom is 0.341 e. The summed E-state index contributed by atoms with van der Waals surface area (Å²) in [6, 6.07) is 8.20. The standard InChI is InChI=1S/C22H21ClN4O5S2.ClH/c1-27-8-7-13-16(10-27)34-22(25-13)21(31)26-19-12(3-2-4-14(19)32-11-18(28)29)9-24-20(30)15-5-6-17(23)33-15;/h2-6H,7-11H2,1H3,(H,24,30)(H,26,31)(H,28,29);1H. The number of hydrogen-bond acceptors (Lipinski definition) is 8. The Morgan fingerprint density at radius 3 is 2.71 bits per heavy atom. The number of rotatable bonds is 8. The van der Waals surface area contributed by atoms with Gasteiger partial charge < -0.3 is 25.4 Å². The summed E-state index contributed by atoms with van der Waals surface area (Å²) in [6.45, 7) is 1.11. The normalized spacial score (nSPS) is 12.9. The second-order valence-electron chi connectivity index (χ2n) is 7.59. The maximum atomic E-state index is 13.1. The van der Waals surface area contributed by atoms with Gasteiger partial charge in [0.15, 0.2) is 11.6 Å². The molecule has 1 aliphatic rings. The predicted molar refractivity (Wildman–Crippen MR) is 137 cm³/mol. The molecule has 0 atom stereocenters. The lowest BCUT2D eigenvalue weighted by atomic mass is 10.1. The Balaban J connectivity index is 0.00000342. The van der Waals surface area contributed by atoms with Crippen molar-refractivity contribution in [1.82, 2.24) is 15.2 Å². The number of nitrogens with one attached hydrogen (secondary N) is 2. The summed E-state index contributed by atoms with van der Waals surface area (Å²) in [7, 11) is 2.02. The smallest absolute Gasteiger partial charge is 0.341 e. The van der Waals surface area contributed by atoms with Gasteiger partial charge in [0.05, 0.1) is 20.6 Å². The van der Waals surface area contributed by atoms with Crippen LogP contribution >= 0.6 is 46.7 Å². The predicted octanol–water partition coefficient (Wildman–Crippen LogP) is 3.91. The largest absolute Gasteiger partial charge is 0.480 e. The SMILES string of the molecule is CN1CCc2nc(C(=O)Nc3c(CNC(=O)c4ccc(Cl)s4)cccc3OCC(=O)O)sc2C1.Cl. The highest BCUT2D eigenvalue weighted by Gasteiger charge is 2.23. The van der Waals surface area contributed by atoms with Crippen LogP contribution in [0.2, 0.25) is 4.34 Å². The Labute approximate surface area is 220 Å². The van der Waals surface area contributed by atoms with Gasteiger partial charge in [0.2, 0.25) is 0 Å². The molecule has 9 nitrogen and oxygen atoms in total. The molecule has 0 spiro atoms. The molecule has 3 N–H and O–H groups in total. The fourth-order valence-corrected chi connectivity index (χ4v) is 5.45. The minimum absolute atomic E-state index is 0. The average molecular weight is 557 g/mol. The average Bonchev–Trinajstić information content (AvgIpc) is 3.43. The number of thiophene rings is 1. The first kappa shape index (κ1) is 26.9. The maximum absolute atomic E-state index is 13.1. The zero-order valence-corrected chi connectivity index (χ0v) is 21.7. The van der Waals surface area contributed by atoms with Gasteiger partial charge >= 0.3 is 5.97 Å². The van der Waals surface area contributed by atoms with Crippen LogP contribution in [0.1, 0.15) is 35.6 Å². The fourth-order valence-electron chi connectivity index (χ4n) is 3.41. The molecular weight excluding hydrogens is 535 g/mol. The number of para-hydroxylation sites is 1. The molecule has 0 radical (unpaired) electrons. The van der Waals surface area contributed by atoms with Crippen molar-refractivity contribution in [3.63, 3.8) is 0 Å². The number of thiazole rings is 1. The van der Waals surface area contributed by atoms with Crippen LogP contribution in [0.3, 0.4) is 0 Å². The van der Waals surface area contributed by atoms with E-state index in [0.717, 1.165) is 41.4 Å². The van der Waals surface area contributed by atoms with E-state index >= 15 is 0 Å².